The summed E-state index contributed by atoms with van der Waals surface area (Å²) in [6.07, 6.45) is 3.72. The maximum atomic E-state index is 13.1. The fourth-order valence-electron chi connectivity index (χ4n) is 2.16. The summed E-state index contributed by atoms with van der Waals surface area (Å²) in [4.78, 5) is 1.21. The molecular formula is C13H15FN2S. The Labute approximate surface area is 104 Å². The van der Waals surface area contributed by atoms with Gasteiger partial charge in [-0.2, -0.15) is 0 Å². The standard InChI is InChI=1S/C13H15FN2S/c14-10-3-4-12-9(6-10)7-13(17-12)11(16-15)5-8-1-2-8/h3-4,6-8,11,16H,1-2,5,15H2. The van der Waals surface area contributed by atoms with Crippen molar-refractivity contribution in [3.63, 3.8) is 0 Å². The number of benzene rings is 1. The molecule has 0 radical (unpaired) electrons. The topological polar surface area (TPSA) is 38.0 Å². The molecule has 3 N–H and O–H groups in total. The average Bonchev–Trinajstić information content (AvgIpc) is 3.04. The molecule has 90 valence electrons. The number of halogens is 1. The van der Waals surface area contributed by atoms with Crippen LogP contribution in [0.5, 0.6) is 0 Å². The number of hydrogen-bond acceptors (Lipinski definition) is 3. The summed E-state index contributed by atoms with van der Waals surface area (Å²) in [5, 5.41) is 0.973. The van der Waals surface area contributed by atoms with Gasteiger partial charge in [0.2, 0.25) is 0 Å². The van der Waals surface area contributed by atoms with Crippen LogP contribution in [0.25, 0.3) is 10.1 Å². The largest absolute Gasteiger partial charge is 0.271 e. The smallest absolute Gasteiger partial charge is 0.123 e. The quantitative estimate of drug-likeness (QED) is 0.645. The second-order valence-corrected chi connectivity index (χ2v) is 5.84. The summed E-state index contributed by atoms with van der Waals surface area (Å²) in [7, 11) is 0. The lowest BCUT2D eigenvalue weighted by atomic mass is 10.1. The Morgan fingerprint density at radius 3 is 2.94 bits per heavy atom. The number of hydrogen-bond donors (Lipinski definition) is 2. The Balaban J connectivity index is 1.92. The summed E-state index contributed by atoms with van der Waals surface area (Å²) in [6, 6.07) is 7.19. The first-order chi connectivity index (χ1) is 8.26. The number of hydrazine groups is 1. The van der Waals surface area contributed by atoms with Crippen LogP contribution in [-0.4, -0.2) is 0 Å². The van der Waals surface area contributed by atoms with Crippen LogP contribution in [0.3, 0.4) is 0 Å². The van der Waals surface area contributed by atoms with Gasteiger partial charge in [-0.05, 0) is 42.0 Å². The Hall–Kier alpha value is -0.970. The minimum atomic E-state index is -0.179. The highest BCUT2D eigenvalue weighted by Crippen LogP contribution is 2.40. The van der Waals surface area contributed by atoms with Gasteiger partial charge in [0.05, 0.1) is 6.04 Å². The van der Waals surface area contributed by atoms with Crippen molar-refractivity contribution in [3.8, 4) is 0 Å². The van der Waals surface area contributed by atoms with Crippen LogP contribution in [0.15, 0.2) is 24.3 Å². The van der Waals surface area contributed by atoms with E-state index >= 15 is 0 Å². The third-order valence-electron chi connectivity index (χ3n) is 3.31. The molecule has 1 aromatic heterocycles. The van der Waals surface area contributed by atoms with Crippen LogP contribution in [0.4, 0.5) is 4.39 Å². The highest BCUT2D eigenvalue weighted by Gasteiger charge is 2.26. The van der Waals surface area contributed by atoms with E-state index in [9.17, 15) is 4.39 Å². The van der Waals surface area contributed by atoms with Crippen molar-refractivity contribution in [1.29, 1.82) is 0 Å². The predicted octanol–water partition coefficient (Wildman–Crippen LogP) is 3.34. The molecule has 1 saturated carbocycles. The molecule has 0 saturated heterocycles. The molecule has 3 rings (SSSR count). The second kappa shape index (κ2) is 4.37. The number of fused-ring (bicyclic) bond motifs is 1. The van der Waals surface area contributed by atoms with Crippen LogP contribution >= 0.6 is 11.3 Å². The number of nitrogens with one attached hydrogen (secondary N) is 1. The van der Waals surface area contributed by atoms with Crippen LogP contribution in [0.2, 0.25) is 0 Å². The fraction of sp³-hybridized carbons (Fsp3) is 0.385. The maximum Gasteiger partial charge on any atom is 0.123 e. The second-order valence-electron chi connectivity index (χ2n) is 4.73. The summed E-state index contributed by atoms with van der Waals surface area (Å²) in [6.45, 7) is 0. The van der Waals surface area contributed by atoms with Gasteiger partial charge in [0.15, 0.2) is 0 Å². The van der Waals surface area contributed by atoms with E-state index in [4.69, 9.17) is 5.84 Å². The first-order valence-corrected chi connectivity index (χ1v) is 6.73. The number of nitrogens with two attached hydrogens (primary N) is 1. The van der Waals surface area contributed by atoms with Gasteiger partial charge in [0.1, 0.15) is 5.82 Å². The molecule has 4 heteroatoms. The van der Waals surface area contributed by atoms with Crippen LogP contribution in [0, 0.1) is 11.7 Å². The lowest BCUT2D eigenvalue weighted by Crippen LogP contribution is -2.27. The van der Waals surface area contributed by atoms with Crippen molar-refractivity contribution >= 4 is 21.4 Å². The fourth-order valence-corrected chi connectivity index (χ4v) is 3.28. The van der Waals surface area contributed by atoms with Gasteiger partial charge < -0.3 is 0 Å². The summed E-state index contributed by atoms with van der Waals surface area (Å²) >= 11 is 1.70. The third-order valence-corrected chi connectivity index (χ3v) is 4.54. The zero-order valence-electron chi connectivity index (χ0n) is 9.45. The van der Waals surface area contributed by atoms with E-state index in [1.54, 1.807) is 17.4 Å². The molecular weight excluding hydrogens is 235 g/mol. The molecule has 17 heavy (non-hydrogen) atoms. The number of thiophene rings is 1. The van der Waals surface area contributed by atoms with Gasteiger partial charge in [-0.3, -0.25) is 11.3 Å². The van der Waals surface area contributed by atoms with Crippen molar-refractivity contribution in [2.75, 3.05) is 0 Å². The highest BCUT2D eigenvalue weighted by atomic mass is 32.1. The van der Waals surface area contributed by atoms with E-state index in [2.05, 4.69) is 11.5 Å². The Morgan fingerprint density at radius 1 is 1.41 bits per heavy atom. The number of rotatable bonds is 4. The summed E-state index contributed by atoms with van der Waals surface area (Å²) in [5.74, 6) is 6.25. The summed E-state index contributed by atoms with van der Waals surface area (Å²) < 4.78 is 14.2. The lowest BCUT2D eigenvalue weighted by Gasteiger charge is -2.12. The van der Waals surface area contributed by atoms with Gasteiger partial charge >= 0.3 is 0 Å². The zero-order chi connectivity index (χ0) is 11.8. The molecule has 1 unspecified atom stereocenters. The molecule has 0 bridgehead atoms. The molecule has 2 aromatic rings. The first kappa shape index (κ1) is 11.1. The maximum absolute atomic E-state index is 13.1. The van der Waals surface area contributed by atoms with Crippen molar-refractivity contribution in [2.24, 2.45) is 11.8 Å². The van der Waals surface area contributed by atoms with Gasteiger partial charge in [-0.15, -0.1) is 11.3 Å². The van der Waals surface area contributed by atoms with E-state index in [1.165, 1.54) is 23.8 Å². The molecule has 1 fully saturated rings. The van der Waals surface area contributed by atoms with Gasteiger partial charge in [-0.25, -0.2) is 4.39 Å². The van der Waals surface area contributed by atoms with E-state index in [1.807, 2.05) is 6.07 Å². The van der Waals surface area contributed by atoms with Crippen molar-refractivity contribution in [2.45, 2.75) is 25.3 Å². The first-order valence-electron chi connectivity index (χ1n) is 5.91. The average molecular weight is 250 g/mol. The molecule has 2 nitrogen and oxygen atoms in total. The molecule has 1 aliphatic carbocycles. The SMILES string of the molecule is NNC(CC1CC1)c1cc2cc(F)ccc2s1. The Kier molecular flexibility index (Phi) is 2.86. The highest BCUT2D eigenvalue weighted by molar-refractivity contribution is 7.19. The molecule has 0 spiro atoms. The molecule has 1 aromatic carbocycles. The normalized spacial score (nSPS) is 17.5. The van der Waals surface area contributed by atoms with Crippen molar-refractivity contribution < 1.29 is 4.39 Å². The van der Waals surface area contributed by atoms with Gasteiger partial charge in [-0.1, -0.05) is 12.8 Å². The van der Waals surface area contributed by atoms with E-state index in [0.29, 0.717) is 0 Å². The van der Waals surface area contributed by atoms with Gasteiger partial charge in [0.25, 0.3) is 0 Å². The zero-order valence-corrected chi connectivity index (χ0v) is 10.3. The van der Waals surface area contributed by atoms with E-state index in [0.717, 1.165) is 22.4 Å². The Morgan fingerprint density at radius 2 is 2.24 bits per heavy atom. The molecule has 0 amide bonds. The van der Waals surface area contributed by atoms with E-state index < -0.39 is 0 Å². The predicted molar refractivity (Wildman–Crippen MR) is 69.2 cm³/mol. The van der Waals surface area contributed by atoms with Crippen molar-refractivity contribution in [3.05, 3.63) is 35.0 Å². The molecule has 1 aliphatic rings. The third kappa shape index (κ3) is 2.34. The monoisotopic (exact) mass is 250 g/mol. The van der Waals surface area contributed by atoms with E-state index in [-0.39, 0.29) is 11.9 Å². The molecule has 0 aliphatic heterocycles. The van der Waals surface area contributed by atoms with Crippen LogP contribution in [-0.2, 0) is 0 Å². The van der Waals surface area contributed by atoms with Crippen molar-refractivity contribution in [1.82, 2.24) is 5.43 Å². The lowest BCUT2D eigenvalue weighted by molar-refractivity contribution is 0.494. The van der Waals surface area contributed by atoms with Crippen LogP contribution in [0.1, 0.15) is 30.2 Å². The molecule has 1 heterocycles. The van der Waals surface area contributed by atoms with Crippen LogP contribution < -0.4 is 11.3 Å². The summed E-state index contributed by atoms with van der Waals surface area (Å²) in [5.41, 5.74) is 2.88. The van der Waals surface area contributed by atoms with Gasteiger partial charge in [0, 0.05) is 9.58 Å². The minimum Gasteiger partial charge on any atom is -0.271 e. The minimum absolute atomic E-state index is 0.179. The molecule has 1 atom stereocenters. The Bertz CT molecular complexity index is 533.